The van der Waals surface area contributed by atoms with Crippen molar-refractivity contribution in [1.29, 1.82) is 5.26 Å². The normalized spacial score (nSPS) is 20.1. The maximum atomic E-state index is 10.7. The molecule has 3 heterocycles. The van der Waals surface area contributed by atoms with Gasteiger partial charge >= 0.3 is 0 Å². The Hall–Kier alpha value is -3.23. The highest BCUT2D eigenvalue weighted by atomic mass is 16.3. The zero-order valence-corrected chi connectivity index (χ0v) is 16.4. The van der Waals surface area contributed by atoms with Gasteiger partial charge in [-0.25, -0.2) is 0 Å². The first-order valence-corrected chi connectivity index (χ1v) is 10.0. The third-order valence-electron chi connectivity index (χ3n) is 6.32. The second-order valence-corrected chi connectivity index (χ2v) is 7.82. The van der Waals surface area contributed by atoms with Crippen LogP contribution in [0.2, 0.25) is 0 Å². The van der Waals surface area contributed by atoms with E-state index in [1.165, 1.54) is 10.9 Å². The molecule has 1 aromatic heterocycles. The zero-order valence-electron chi connectivity index (χ0n) is 16.4. The van der Waals surface area contributed by atoms with Crippen LogP contribution in [0.1, 0.15) is 29.9 Å². The lowest BCUT2D eigenvalue weighted by molar-refractivity contribution is 0.209. The van der Waals surface area contributed by atoms with Crippen LogP contribution in [-0.2, 0) is 0 Å². The van der Waals surface area contributed by atoms with Gasteiger partial charge in [-0.1, -0.05) is 30.3 Å². The first-order chi connectivity index (χ1) is 14.2. The van der Waals surface area contributed by atoms with Crippen LogP contribution in [0.15, 0.2) is 64.8 Å². The van der Waals surface area contributed by atoms with Crippen LogP contribution < -0.4 is 4.90 Å². The van der Waals surface area contributed by atoms with Crippen molar-refractivity contribution in [2.45, 2.75) is 25.0 Å². The number of anilines is 1. The Balaban J connectivity index is 1.46. The van der Waals surface area contributed by atoms with E-state index < -0.39 is 6.23 Å². The second kappa shape index (κ2) is 6.98. The summed E-state index contributed by atoms with van der Waals surface area (Å²) in [6.07, 6.45) is 2.84. The fraction of sp³-hybridized carbons (Fsp3) is 0.292. The monoisotopic (exact) mass is 385 g/mol. The quantitative estimate of drug-likeness (QED) is 0.712. The van der Waals surface area contributed by atoms with Gasteiger partial charge in [0.1, 0.15) is 17.2 Å². The van der Waals surface area contributed by atoms with Gasteiger partial charge in [0.15, 0.2) is 6.23 Å². The molecule has 0 aliphatic carbocycles. The fourth-order valence-corrected chi connectivity index (χ4v) is 4.81. The van der Waals surface area contributed by atoms with Crippen molar-refractivity contribution in [3.05, 3.63) is 71.5 Å². The molecule has 2 aromatic carbocycles. The first-order valence-electron chi connectivity index (χ1n) is 10.0. The van der Waals surface area contributed by atoms with Gasteiger partial charge in [0.25, 0.3) is 0 Å². The molecule has 0 amide bonds. The number of para-hydroxylation sites is 1. The van der Waals surface area contributed by atoms with Crippen LogP contribution in [0, 0.1) is 11.3 Å². The third kappa shape index (κ3) is 2.80. The van der Waals surface area contributed by atoms with E-state index in [0.717, 1.165) is 48.5 Å². The van der Waals surface area contributed by atoms with Gasteiger partial charge in [-0.2, -0.15) is 5.26 Å². The van der Waals surface area contributed by atoms with Gasteiger partial charge in [0, 0.05) is 36.8 Å². The van der Waals surface area contributed by atoms with Crippen molar-refractivity contribution in [3.63, 3.8) is 0 Å². The van der Waals surface area contributed by atoms with Gasteiger partial charge in [0.2, 0.25) is 0 Å². The summed E-state index contributed by atoms with van der Waals surface area (Å²) in [5.41, 5.74) is 5.57. The number of furan rings is 1. The van der Waals surface area contributed by atoms with Crippen molar-refractivity contribution >= 4 is 22.4 Å². The summed E-state index contributed by atoms with van der Waals surface area (Å²) >= 11 is 0. The topological polar surface area (TPSA) is 63.6 Å². The summed E-state index contributed by atoms with van der Waals surface area (Å²) in [5.74, 6) is 0.463. The van der Waals surface area contributed by atoms with Crippen molar-refractivity contribution in [2.75, 3.05) is 25.0 Å². The van der Waals surface area contributed by atoms with Gasteiger partial charge in [0.05, 0.1) is 12.0 Å². The fourth-order valence-electron chi connectivity index (χ4n) is 4.81. The number of hydrogen-bond donors (Lipinski definition) is 1. The lowest BCUT2D eigenvalue weighted by Gasteiger charge is -2.41. The van der Waals surface area contributed by atoms with Crippen molar-refractivity contribution in [1.82, 2.24) is 4.90 Å². The molecule has 1 saturated heterocycles. The summed E-state index contributed by atoms with van der Waals surface area (Å²) in [5, 5.41) is 21.7. The molecule has 0 radical (unpaired) electrons. The Bertz CT molecular complexity index is 1130. The predicted octanol–water partition coefficient (Wildman–Crippen LogP) is 4.32. The Kier molecular flexibility index (Phi) is 4.30. The van der Waals surface area contributed by atoms with E-state index >= 15 is 0 Å². The molecule has 1 atom stereocenters. The molecule has 1 unspecified atom stereocenters. The summed E-state index contributed by atoms with van der Waals surface area (Å²) < 4.78 is 5.57. The van der Waals surface area contributed by atoms with Crippen LogP contribution in [0.3, 0.4) is 0 Å². The molecule has 5 nitrogen and oxygen atoms in total. The van der Waals surface area contributed by atoms with Crippen molar-refractivity contribution in [3.8, 4) is 6.07 Å². The van der Waals surface area contributed by atoms with E-state index in [4.69, 9.17) is 4.42 Å². The number of benzene rings is 2. The van der Waals surface area contributed by atoms with Gasteiger partial charge in [-0.05, 0) is 42.5 Å². The highest BCUT2D eigenvalue weighted by molar-refractivity contribution is 5.84. The summed E-state index contributed by atoms with van der Waals surface area (Å²) in [4.78, 5) is 4.04. The van der Waals surface area contributed by atoms with Gasteiger partial charge in [-0.3, -0.25) is 0 Å². The summed E-state index contributed by atoms with van der Waals surface area (Å²) in [7, 11) is 1.83. The van der Waals surface area contributed by atoms with E-state index in [1.54, 1.807) is 11.2 Å². The first kappa shape index (κ1) is 17.8. The van der Waals surface area contributed by atoms with Crippen LogP contribution >= 0.6 is 0 Å². The minimum absolute atomic E-state index is 0.432. The molecular formula is C24H23N3O2. The van der Waals surface area contributed by atoms with E-state index in [1.807, 2.05) is 37.4 Å². The Morgan fingerprint density at radius 3 is 2.66 bits per heavy atom. The highest BCUT2D eigenvalue weighted by Crippen LogP contribution is 2.41. The molecule has 3 aromatic rings. The number of nitrogens with zero attached hydrogens (tertiary/aromatic N) is 3. The third-order valence-corrected chi connectivity index (χ3v) is 6.32. The molecule has 5 rings (SSSR count). The second-order valence-electron chi connectivity index (χ2n) is 7.82. The van der Waals surface area contributed by atoms with E-state index in [2.05, 4.69) is 29.2 Å². The Morgan fingerprint density at radius 2 is 1.86 bits per heavy atom. The standard InChI is InChI=1S/C24H23N3O2/c1-26-21-7-3-2-5-19(21)23(20(15-25)24(26)28)27-12-9-16(10-13-27)17-6-4-8-22-18(17)11-14-29-22/h2-8,11,14,16,24,28H,9-10,12-13H2,1H3. The summed E-state index contributed by atoms with van der Waals surface area (Å²) in [6, 6.07) is 18.6. The number of rotatable bonds is 2. The van der Waals surface area contributed by atoms with E-state index in [0.29, 0.717) is 11.5 Å². The van der Waals surface area contributed by atoms with Crippen molar-refractivity contribution < 1.29 is 9.52 Å². The Morgan fingerprint density at radius 1 is 1.07 bits per heavy atom. The molecule has 0 bridgehead atoms. The highest BCUT2D eigenvalue weighted by Gasteiger charge is 2.34. The smallest absolute Gasteiger partial charge is 0.165 e. The maximum absolute atomic E-state index is 10.7. The average Bonchev–Trinajstić information content (AvgIpc) is 3.25. The van der Waals surface area contributed by atoms with Gasteiger partial charge in [-0.15, -0.1) is 0 Å². The molecule has 146 valence electrons. The molecule has 29 heavy (non-hydrogen) atoms. The number of likely N-dealkylation sites (tertiary alicyclic amines) is 1. The summed E-state index contributed by atoms with van der Waals surface area (Å²) in [6.45, 7) is 1.70. The maximum Gasteiger partial charge on any atom is 0.165 e. The number of likely N-dealkylation sites (N-methyl/N-ethyl adjacent to an activating group) is 1. The minimum atomic E-state index is -0.915. The van der Waals surface area contributed by atoms with Crippen LogP contribution in [0.25, 0.3) is 16.7 Å². The average molecular weight is 385 g/mol. The SMILES string of the molecule is CN1c2ccccc2C(N2CCC(c3cccc4occc34)CC2)=C(C#N)C1O. The molecule has 5 heteroatoms. The molecule has 1 fully saturated rings. The van der Waals surface area contributed by atoms with Crippen LogP contribution in [-0.4, -0.2) is 36.4 Å². The number of aliphatic hydroxyl groups is 1. The lowest BCUT2D eigenvalue weighted by atomic mass is 9.86. The van der Waals surface area contributed by atoms with Crippen LogP contribution in [0.5, 0.6) is 0 Å². The van der Waals surface area contributed by atoms with E-state index in [-0.39, 0.29) is 0 Å². The number of aliphatic hydroxyl groups excluding tert-OH is 1. The van der Waals surface area contributed by atoms with Crippen LogP contribution in [0.4, 0.5) is 5.69 Å². The molecule has 2 aliphatic heterocycles. The van der Waals surface area contributed by atoms with Crippen molar-refractivity contribution in [2.24, 2.45) is 0 Å². The van der Waals surface area contributed by atoms with Gasteiger partial charge < -0.3 is 19.3 Å². The minimum Gasteiger partial charge on any atom is -0.464 e. The molecule has 1 N–H and O–H groups in total. The molecule has 0 saturated carbocycles. The van der Waals surface area contributed by atoms with E-state index in [9.17, 15) is 10.4 Å². The number of hydrogen-bond acceptors (Lipinski definition) is 5. The predicted molar refractivity (Wildman–Crippen MR) is 113 cm³/mol. The largest absolute Gasteiger partial charge is 0.464 e. The molecule has 0 spiro atoms. The number of fused-ring (bicyclic) bond motifs is 2. The molecule has 2 aliphatic rings. The Labute approximate surface area is 170 Å². The molecular weight excluding hydrogens is 362 g/mol. The number of nitriles is 1. The lowest BCUT2D eigenvalue weighted by Crippen LogP contribution is -2.41. The zero-order chi connectivity index (χ0) is 20.0. The number of piperidine rings is 1.